The molecule has 1 saturated carbocycles. The maximum atomic E-state index is 12.6. The minimum Gasteiger partial charge on any atom is -0.493 e. The Labute approximate surface area is 150 Å². The van der Waals surface area contributed by atoms with Crippen LogP contribution in [0.5, 0.6) is 11.5 Å². The van der Waals surface area contributed by atoms with E-state index in [1.54, 1.807) is 4.90 Å². The summed E-state index contributed by atoms with van der Waals surface area (Å²) < 4.78 is 34.5. The van der Waals surface area contributed by atoms with Crippen molar-refractivity contribution in [1.82, 2.24) is 10.2 Å². The fraction of sp³-hybridized carbons (Fsp3) is 0.556. The summed E-state index contributed by atoms with van der Waals surface area (Å²) in [7, 11) is 1.34. The highest BCUT2D eigenvalue weighted by Gasteiger charge is 2.31. The number of halogens is 2. The number of hydrogen-bond donors (Lipinski definition) is 1. The lowest BCUT2D eigenvalue weighted by Gasteiger charge is -2.31. The summed E-state index contributed by atoms with van der Waals surface area (Å²) in [6.07, 6.45) is 3.29. The summed E-state index contributed by atoms with van der Waals surface area (Å²) in [5, 5.41) is 2.99. The second kappa shape index (κ2) is 7.88. The zero-order valence-electron chi connectivity index (χ0n) is 14.5. The molecule has 0 unspecified atom stereocenters. The van der Waals surface area contributed by atoms with Gasteiger partial charge in [0.05, 0.1) is 7.11 Å². The molecule has 6 nitrogen and oxygen atoms in total. The summed E-state index contributed by atoms with van der Waals surface area (Å²) in [5.74, 6) is -0.318. The summed E-state index contributed by atoms with van der Waals surface area (Å²) in [4.78, 5) is 26.4. The van der Waals surface area contributed by atoms with E-state index in [1.807, 2.05) is 0 Å². The van der Waals surface area contributed by atoms with Gasteiger partial charge in [-0.25, -0.2) is 0 Å². The van der Waals surface area contributed by atoms with Crippen LogP contribution in [-0.2, 0) is 4.79 Å². The zero-order valence-corrected chi connectivity index (χ0v) is 14.5. The Kier molecular flexibility index (Phi) is 5.58. The number of carbonyl (C=O) groups excluding carboxylic acids is 2. The molecule has 1 saturated heterocycles. The first-order valence-corrected chi connectivity index (χ1v) is 8.70. The monoisotopic (exact) mass is 368 g/mol. The lowest BCUT2D eigenvalue weighted by Crippen LogP contribution is -2.43. The van der Waals surface area contributed by atoms with E-state index in [0.717, 1.165) is 12.8 Å². The lowest BCUT2D eigenvalue weighted by molar-refractivity contribution is -0.126. The van der Waals surface area contributed by atoms with Gasteiger partial charge in [0.1, 0.15) is 0 Å². The Morgan fingerprint density at radius 2 is 1.85 bits per heavy atom. The van der Waals surface area contributed by atoms with E-state index >= 15 is 0 Å². The fourth-order valence-corrected chi connectivity index (χ4v) is 3.07. The molecule has 1 aliphatic heterocycles. The van der Waals surface area contributed by atoms with Crippen LogP contribution in [0.1, 0.15) is 36.0 Å². The molecule has 26 heavy (non-hydrogen) atoms. The molecule has 2 aliphatic rings. The Morgan fingerprint density at radius 1 is 1.15 bits per heavy atom. The smallest absolute Gasteiger partial charge is 0.387 e. The highest BCUT2D eigenvalue weighted by Crippen LogP contribution is 2.30. The molecule has 1 aromatic carbocycles. The van der Waals surface area contributed by atoms with Crippen LogP contribution >= 0.6 is 0 Å². The van der Waals surface area contributed by atoms with Crippen molar-refractivity contribution in [2.24, 2.45) is 5.92 Å². The predicted octanol–water partition coefficient (Wildman–Crippen LogP) is 2.43. The molecule has 1 aromatic rings. The molecule has 3 rings (SSSR count). The van der Waals surface area contributed by atoms with Crippen molar-refractivity contribution in [3.63, 3.8) is 0 Å². The third-order valence-corrected chi connectivity index (χ3v) is 4.70. The molecule has 2 amide bonds. The molecule has 8 heteroatoms. The van der Waals surface area contributed by atoms with E-state index in [4.69, 9.17) is 4.74 Å². The molecule has 0 spiro atoms. The van der Waals surface area contributed by atoms with E-state index < -0.39 is 6.61 Å². The number of rotatable bonds is 6. The second-order valence-electron chi connectivity index (χ2n) is 6.59. The number of carbonyl (C=O) groups is 2. The van der Waals surface area contributed by atoms with Gasteiger partial charge >= 0.3 is 6.61 Å². The Morgan fingerprint density at radius 3 is 2.42 bits per heavy atom. The van der Waals surface area contributed by atoms with Crippen LogP contribution in [0.3, 0.4) is 0 Å². The molecule has 0 aromatic heterocycles. The molecule has 1 N–H and O–H groups in total. The Balaban J connectivity index is 1.61. The van der Waals surface area contributed by atoms with Gasteiger partial charge in [0.15, 0.2) is 11.5 Å². The van der Waals surface area contributed by atoms with Crippen LogP contribution in [-0.4, -0.2) is 49.6 Å². The fourth-order valence-electron chi connectivity index (χ4n) is 3.07. The summed E-state index contributed by atoms with van der Waals surface area (Å²) >= 11 is 0. The van der Waals surface area contributed by atoms with Gasteiger partial charge in [-0.1, -0.05) is 0 Å². The van der Waals surface area contributed by atoms with Crippen LogP contribution in [0, 0.1) is 5.92 Å². The number of nitrogens with one attached hydrogen (secondary N) is 1. The van der Waals surface area contributed by atoms with Crippen molar-refractivity contribution in [3.8, 4) is 11.5 Å². The van der Waals surface area contributed by atoms with E-state index in [0.29, 0.717) is 32.0 Å². The van der Waals surface area contributed by atoms with Crippen LogP contribution in [0.4, 0.5) is 8.78 Å². The van der Waals surface area contributed by atoms with Crippen LogP contribution < -0.4 is 14.8 Å². The first-order chi connectivity index (χ1) is 12.5. The molecule has 1 aliphatic carbocycles. The largest absolute Gasteiger partial charge is 0.493 e. The third-order valence-electron chi connectivity index (χ3n) is 4.70. The van der Waals surface area contributed by atoms with E-state index in [-0.39, 0.29) is 34.8 Å². The zero-order chi connectivity index (χ0) is 18.7. The van der Waals surface area contributed by atoms with Gasteiger partial charge in [-0.2, -0.15) is 8.78 Å². The van der Waals surface area contributed by atoms with Crippen molar-refractivity contribution >= 4 is 11.8 Å². The number of benzene rings is 1. The van der Waals surface area contributed by atoms with E-state index in [2.05, 4.69) is 10.1 Å². The number of likely N-dealkylation sites (tertiary alicyclic amines) is 1. The molecular formula is C18H22F2N2O4. The van der Waals surface area contributed by atoms with Crippen molar-refractivity contribution in [1.29, 1.82) is 0 Å². The van der Waals surface area contributed by atoms with Crippen molar-refractivity contribution in [3.05, 3.63) is 23.8 Å². The molecule has 0 atom stereocenters. The normalized spacial score (nSPS) is 17.9. The van der Waals surface area contributed by atoms with E-state index in [1.165, 1.54) is 25.3 Å². The van der Waals surface area contributed by atoms with Crippen LogP contribution in [0.25, 0.3) is 0 Å². The topological polar surface area (TPSA) is 67.9 Å². The summed E-state index contributed by atoms with van der Waals surface area (Å²) in [6, 6.07) is 4.54. The van der Waals surface area contributed by atoms with Gasteiger partial charge in [0.25, 0.3) is 5.91 Å². The van der Waals surface area contributed by atoms with Gasteiger partial charge in [-0.05, 0) is 43.9 Å². The number of methoxy groups -OCH3 is 1. The molecule has 2 fully saturated rings. The maximum absolute atomic E-state index is 12.6. The van der Waals surface area contributed by atoms with Crippen LogP contribution in [0.2, 0.25) is 0 Å². The van der Waals surface area contributed by atoms with Gasteiger partial charge < -0.3 is 19.7 Å². The van der Waals surface area contributed by atoms with Gasteiger partial charge in [0.2, 0.25) is 5.91 Å². The minimum atomic E-state index is -3.00. The van der Waals surface area contributed by atoms with Gasteiger partial charge in [-0.15, -0.1) is 0 Å². The van der Waals surface area contributed by atoms with Crippen molar-refractivity contribution < 1.29 is 27.8 Å². The number of hydrogen-bond acceptors (Lipinski definition) is 4. The number of nitrogens with zero attached hydrogens (tertiary/aromatic N) is 1. The molecular weight excluding hydrogens is 346 g/mol. The SMILES string of the molecule is COc1ccc(C(=O)N2CCC(C(=O)NC3CC3)CC2)cc1OC(F)F. The lowest BCUT2D eigenvalue weighted by atomic mass is 9.95. The summed E-state index contributed by atoms with van der Waals surface area (Å²) in [5.41, 5.74) is 0.252. The molecule has 0 radical (unpaired) electrons. The molecule has 1 heterocycles. The first kappa shape index (κ1) is 18.4. The number of alkyl halides is 2. The van der Waals surface area contributed by atoms with E-state index in [9.17, 15) is 18.4 Å². The van der Waals surface area contributed by atoms with Crippen LogP contribution in [0.15, 0.2) is 18.2 Å². The van der Waals surface area contributed by atoms with Gasteiger partial charge in [-0.3, -0.25) is 9.59 Å². The molecule has 0 bridgehead atoms. The van der Waals surface area contributed by atoms with Crippen molar-refractivity contribution in [2.75, 3.05) is 20.2 Å². The number of amides is 2. The maximum Gasteiger partial charge on any atom is 0.387 e. The second-order valence-corrected chi connectivity index (χ2v) is 6.59. The highest BCUT2D eigenvalue weighted by atomic mass is 19.3. The first-order valence-electron chi connectivity index (χ1n) is 8.70. The summed E-state index contributed by atoms with van der Waals surface area (Å²) in [6.45, 7) is -2.09. The standard InChI is InChI=1S/C18H22F2N2O4/c1-25-14-5-2-12(10-15(14)26-18(19)20)17(24)22-8-6-11(7-9-22)16(23)21-13-3-4-13/h2,5,10-11,13,18H,3-4,6-9H2,1H3,(H,21,23). The third kappa shape index (κ3) is 4.42. The molecule has 142 valence electrons. The number of ether oxygens (including phenoxy) is 2. The predicted molar refractivity (Wildman–Crippen MR) is 89.4 cm³/mol. The average Bonchev–Trinajstić information content (AvgIpc) is 3.44. The quantitative estimate of drug-likeness (QED) is 0.837. The Bertz CT molecular complexity index is 671. The van der Waals surface area contributed by atoms with Gasteiger partial charge in [0, 0.05) is 30.6 Å². The highest BCUT2D eigenvalue weighted by molar-refractivity contribution is 5.95. The Hall–Kier alpha value is -2.38. The average molecular weight is 368 g/mol. The number of piperidine rings is 1. The van der Waals surface area contributed by atoms with Crippen molar-refractivity contribution in [2.45, 2.75) is 38.3 Å². The minimum absolute atomic E-state index is 0.0664.